The first kappa shape index (κ1) is 48.2. The van der Waals surface area contributed by atoms with Crippen molar-refractivity contribution in [2.75, 3.05) is 67.5 Å². The minimum atomic E-state index is 0. The number of likely N-dealkylation sites (N-methyl/N-ethyl adjacent to an activating group) is 2. The summed E-state index contributed by atoms with van der Waals surface area (Å²) >= 11 is 0. The molecule has 44 heavy (non-hydrogen) atoms. The van der Waals surface area contributed by atoms with Gasteiger partial charge in [0.2, 0.25) is 0 Å². The zero-order valence-electron chi connectivity index (χ0n) is 30.3. The van der Waals surface area contributed by atoms with E-state index in [0.717, 1.165) is 48.0 Å². The molecule has 0 fully saturated rings. The maximum Gasteiger partial charge on any atom is 0.275 e. The van der Waals surface area contributed by atoms with Crippen molar-refractivity contribution >= 4 is 11.8 Å². The summed E-state index contributed by atoms with van der Waals surface area (Å²) in [4.78, 5) is 24.8. The second-order valence-electron chi connectivity index (χ2n) is 14.4. The van der Waals surface area contributed by atoms with Gasteiger partial charge in [-0.1, -0.05) is 117 Å². The van der Waals surface area contributed by atoms with Gasteiger partial charge >= 0.3 is 0 Å². The summed E-state index contributed by atoms with van der Waals surface area (Å²) in [6.45, 7) is 9.45. The molecule has 0 saturated carbocycles. The number of rotatable bonds is 31. The number of nitrogens with one attached hydrogen (secondary N) is 2. The summed E-state index contributed by atoms with van der Waals surface area (Å²) in [6, 6.07) is 0. The van der Waals surface area contributed by atoms with Crippen LogP contribution in [0.5, 0.6) is 0 Å². The van der Waals surface area contributed by atoms with E-state index in [9.17, 15) is 9.59 Å². The molecule has 0 aromatic heterocycles. The van der Waals surface area contributed by atoms with Crippen molar-refractivity contribution in [1.82, 2.24) is 10.6 Å². The largest absolute Gasteiger partial charge is 1.00 e. The standard InChI is InChI=1S/C36H74N4O2.2BrH/c1-7-9-11-13-15-17-21-25-29-37-35(41)33-39(3,4)31-27-23-19-20-24-28-32-40(5,6)34-36(42)38-30-26-22-18-16-14-12-10-8-2;;/h7-34H2,1-6H3;2*1H. The molecule has 0 bridgehead atoms. The molecule has 0 rings (SSSR count). The number of halogens is 2. The van der Waals surface area contributed by atoms with Crippen LogP contribution in [0.4, 0.5) is 0 Å². The van der Waals surface area contributed by atoms with Crippen LogP contribution in [0.2, 0.25) is 0 Å². The van der Waals surface area contributed by atoms with Crippen LogP contribution in [0.15, 0.2) is 0 Å². The number of carbonyl (C=O) groups excluding carboxylic acids is 2. The molecule has 8 heteroatoms. The van der Waals surface area contributed by atoms with Crippen molar-refractivity contribution in [3.63, 3.8) is 0 Å². The lowest BCUT2D eigenvalue weighted by Crippen LogP contribution is -3.00. The van der Waals surface area contributed by atoms with Crippen LogP contribution < -0.4 is 44.6 Å². The Morgan fingerprint density at radius 1 is 0.409 bits per heavy atom. The molecule has 2 amide bonds. The van der Waals surface area contributed by atoms with Crippen LogP contribution in [0.1, 0.15) is 155 Å². The Hall–Kier alpha value is -0.180. The second-order valence-corrected chi connectivity index (χ2v) is 14.4. The van der Waals surface area contributed by atoms with Crippen molar-refractivity contribution in [2.24, 2.45) is 0 Å². The van der Waals surface area contributed by atoms with Crippen molar-refractivity contribution in [1.29, 1.82) is 0 Å². The Bertz CT molecular complexity index is 594. The number of unbranched alkanes of at least 4 members (excludes halogenated alkanes) is 19. The maximum absolute atomic E-state index is 12.4. The fraction of sp³-hybridized carbons (Fsp3) is 0.944. The summed E-state index contributed by atoms with van der Waals surface area (Å²) in [7, 11) is 8.73. The highest BCUT2D eigenvalue weighted by molar-refractivity contribution is 5.77. The first-order valence-electron chi connectivity index (χ1n) is 18.3. The van der Waals surface area contributed by atoms with E-state index in [4.69, 9.17) is 0 Å². The molecule has 0 aliphatic heterocycles. The van der Waals surface area contributed by atoms with Crippen LogP contribution in [0.3, 0.4) is 0 Å². The fourth-order valence-electron chi connectivity index (χ4n) is 5.81. The van der Waals surface area contributed by atoms with Gasteiger partial charge in [0.05, 0.1) is 41.3 Å². The van der Waals surface area contributed by atoms with E-state index in [0.29, 0.717) is 13.1 Å². The van der Waals surface area contributed by atoms with E-state index in [1.54, 1.807) is 0 Å². The van der Waals surface area contributed by atoms with Gasteiger partial charge in [-0.05, 0) is 38.5 Å². The van der Waals surface area contributed by atoms with Crippen molar-refractivity contribution < 1.29 is 52.5 Å². The number of hydrogen-bond acceptors (Lipinski definition) is 2. The number of amides is 2. The third kappa shape index (κ3) is 34.7. The van der Waals surface area contributed by atoms with E-state index in [-0.39, 0.29) is 45.8 Å². The molecule has 0 aromatic carbocycles. The Kier molecular flexibility index (Phi) is 35.9. The van der Waals surface area contributed by atoms with Gasteiger partial charge in [0.15, 0.2) is 13.1 Å². The summed E-state index contributed by atoms with van der Waals surface area (Å²) in [5.74, 6) is 0.399. The van der Waals surface area contributed by atoms with Gasteiger partial charge < -0.3 is 53.6 Å². The van der Waals surface area contributed by atoms with Crippen LogP contribution in [-0.2, 0) is 9.59 Å². The van der Waals surface area contributed by atoms with E-state index in [1.165, 1.54) is 128 Å². The zero-order valence-corrected chi connectivity index (χ0v) is 33.4. The number of carbonyl (C=O) groups is 2. The van der Waals surface area contributed by atoms with Crippen LogP contribution in [0.25, 0.3) is 0 Å². The molecular formula is C36H76Br2N4O2. The van der Waals surface area contributed by atoms with E-state index >= 15 is 0 Å². The summed E-state index contributed by atoms with van der Waals surface area (Å²) in [5, 5.41) is 6.28. The Labute approximate surface area is 296 Å². The van der Waals surface area contributed by atoms with Gasteiger partial charge in [0.1, 0.15) is 0 Å². The predicted molar refractivity (Wildman–Crippen MR) is 183 cm³/mol. The summed E-state index contributed by atoms with van der Waals surface area (Å²) in [5.41, 5.74) is 0. The van der Waals surface area contributed by atoms with Crippen LogP contribution in [-0.4, -0.2) is 88.2 Å². The first-order chi connectivity index (χ1) is 20.1. The molecule has 0 saturated heterocycles. The minimum absolute atomic E-state index is 0. The van der Waals surface area contributed by atoms with Crippen molar-refractivity contribution in [3.8, 4) is 0 Å². The van der Waals surface area contributed by atoms with Gasteiger partial charge in [0, 0.05) is 13.1 Å². The summed E-state index contributed by atoms with van der Waals surface area (Å²) in [6.07, 6.45) is 28.1. The van der Waals surface area contributed by atoms with Crippen LogP contribution in [0, 0.1) is 0 Å². The maximum atomic E-state index is 12.4. The molecule has 266 valence electrons. The zero-order chi connectivity index (χ0) is 31.4. The Morgan fingerprint density at radius 3 is 0.955 bits per heavy atom. The van der Waals surface area contributed by atoms with Gasteiger partial charge in [-0.15, -0.1) is 0 Å². The highest BCUT2D eigenvalue weighted by atomic mass is 79.9. The second kappa shape index (κ2) is 32.7. The number of nitrogens with zero attached hydrogens (tertiary/aromatic N) is 2. The number of quaternary nitrogens is 2. The molecule has 0 spiro atoms. The molecule has 0 unspecified atom stereocenters. The lowest BCUT2D eigenvalue weighted by Gasteiger charge is -2.29. The smallest absolute Gasteiger partial charge is 0.275 e. The highest BCUT2D eigenvalue weighted by Gasteiger charge is 2.20. The summed E-state index contributed by atoms with van der Waals surface area (Å²) < 4.78 is 1.55. The monoisotopic (exact) mass is 754 g/mol. The van der Waals surface area contributed by atoms with E-state index < -0.39 is 0 Å². The lowest BCUT2D eigenvalue weighted by atomic mass is 10.1. The SMILES string of the molecule is CCCCCCCCCCNC(=O)C[N+](C)(C)CCCCCCCC[N+](C)(C)CC(=O)NCCCCCCCCCC.[Br-].[Br-]. The third-order valence-electron chi connectivity index (χ3n) is 8.63. The van der Waals surface area contributed by atoms with Gasteiger partial charge in [-0.25, -0.2) is 0 Å². The molecule has 0 radical (unpaired) electrons. The van der Waals surface area contributed by atoms with Gasteiger partial charge in [-0.3, -0.25) is 9.59 Å². The minimum Gasteiger partial charge on any atom is -1.00 e. The predicted octanol–water partition coefficient (Wildman–Crippen LogP) is 2.00. The molecule has 0 aliphatic rings. The quantitative estimate of drug-likeness (QED) is 0.0842. The molecule has 0 aromatic rings. The molecule has 0 atom stereocenters. The average molecular weight is 757 g/mol. The first-order valence-corrected chi connectivity index (χ1v) is 18.3. The molecular weight excluding hydrogens is 680 g/mol. The third-order valence-corrected chi connectivity index (χ3v) is 8.63. The normalized spacial score (nSPS) is 11.5. The van der Waals surface area contributed by atoms with Gasteiger partial charge in [0.25, 0.3) is 11.8 Å². The Morgan fingerprint density at radius 2 is 0.659 bits per heavy atom. The highest BCUT2D eigenvalue weighted by Crippen LogP contribution is 2.11. The van der Waals surface area contributed by atoms with Gasteiger partial charge in [-0.2, -0.15) is 0 Å². The molecule has 6 nitrogen and oxygen atoms in total. The topological polar surface area (TPSA) is 58.2 Å². The average Bonchev–Trinajstić information content (AvgIpc) is 2.92. The van der Waals surface area contributed by atoms with E-state index in [2.05, 4.69) is 52.7 Å². The molecule has 0 heterocycles. The number of hydrogen-bond donors (Lipinski definition) is 2. The fourth-order valence-corrected chi connectivity index (χ4v) is 5.81. The van der Waals surface area contributed by atoms with Crippen LogP contribution >= 0.6 is 0 Å². The van der Waals surface area contributed by atoms with Crippen molar-refractivity contribution in [3.05, 3.63) is 0 Å². The molecule has 2 N–H and O–H groups in total. The molecule has 0 aliphatic carbocycles. The van der Waals surface area contributed by atoms with E-state index in [1.807, 2.05) is 0 Å². The Balaban J connectivity index is -0.00000840. The lowest BCUT2D eigenvalue weighted by molar-refractivity contribution is -0.882. The van der Waals surface area contributed by atoms with Crippen molar-refractivity contribution in [2.45, 2.75) is 155 Å².